The minimum Gasteiger partial charge on any atom is -0.508 e. The Bertz CT molecular complexity index is 999. The number of carbonyl (C=O) groups is 1. The zero-order chi connectivity index (χ0) is 20.9. The van der Waals surface area contributed by atoms with Crippen molar-refractivity contribution in [3.63, 3.8) is 0 Å². The first-order valence-electron chi connectivity index (χ1n) is 9.85. The third-order valence-corrected chi connectivity index (χ3v) is 5.98. The summed E-state index contributed by atoms with van der Waals surface area (Å²) in [6.45, 7) is 6.23. The molecule has 0 atom stereocenters. The molecule has 1 aliphatic rings. The summed E-state index contributed by atoms with van der Waals surface area (Å²) in [4.78, 5) is 17.0. The van der Waals surface area contributed by atoms with Crippen molar-refractivity contribution in [1.82, 2.24) is 30.0 Å². The van der Waals surface area contributed by atoms with Gasteiger partial charge in [0, 0.05) is 32.7 Å². The number of phenols is 1. The maximum atomic E-state index is 12.7. The number of tetrazole rings is 1. The molecular weight excluding hydrogens is 400 g/mol. The van der Waals surface area contributed by atoms with Gasteiger partial charge in [-0.3, -0.25) is 9.69 Å². The van der Waals surface area contributed by atoms with E-state index in [9.17, 15) is 9.90 Å². The van der Waals surface area contributed by atoms with E-state index in [0.717, 1.165) is 38.4 Å². The lowest BCUT2D eigenvalue weighted by molar-refractivity contribution is -0.130. The highest BCUT2D eigenvalue weighted by atomic mass is 32.2. The molecule has 0 aliphatic carbocycles. The van der Waals surface area contributed by atoms with Gasteiger partial charge in [-0.25, -0.2) is 0 Å². The van der Waals surface area contributed by atoms with Gasteiger partial charge in [0.1, 0.15) is 5.75 Å². The van der Waals surface area contributed by atoms with Gasteiger partial charge in [0.05, 0.1) is 11.4 Å². The van der Waals surface area contributed by atoms with Crippen LogP contribution in [-0.2, 0) is 11.3 Å². The number of aromatic nitrogens is 4. The number of carbonyl (C=O) groups excluding carboxylic acids is 1. The topological polar surface area (TPSA) is 87.4 Å². The zero-order valence-corrected chi connectivity index (χ0v) is 17.6. The third-order valence-electron chi connectivity index (χ3n) is 5.07. The summed E-state index contributed by atoms with van der Waals surface area (Å²) in [5.74, 6) is 0.560. The number of rotatable bonds is 6. The maximum absolute atomic E-state index is 12.7. The van der Waals surface area contributed by atoms with E-state index < -0.39 is 0 Å². The van der Waals surface area contributed by atoms with Crippen molar-refractivity contribution in [1.29, 1.82) is 0 Å². The van der Waals surface area contributed by atoms with Gasteiger partial charge in [-0.1, -0.05) is 41.6 Å². The Balaban J connectivity index is 1.28. The molecule has 8 nitrogen and oxygen atoms in total. The van der Waals surface area contributed by atoms with E-state index in [4.69, 9.17) is 0 Å². The van der Waals surface area contributed by atoms with E-state index >= 15 is 0 Å². The van der Waals surface area contributed by atoms with E-state index in [1.54, 1.807) is 28.9 Å². The van der Waals surface area contributed by atoms with Crippen molar-refractivity contribution < 1.29 is 9.90 Å². The van der Waals surface area contributed by atoms with Gasteiger partial charge >= 0.3 is 0 Å². The molecule has 2 aromatic carbocycles. The normalized spacial score (nSPS) is 14.8. The molecule has 9 heteroatoms. The van der Waals surface area contributed by atoms with Crippen molar-refractivity contribution >= 4 is 17.7 Å². The molecular formula is C21H24N6O2S. The molecule has 1 N–H and O–H groups in total. The van der Waals surface area contributed by atoms with Crippen molar-refractivity contribution in [3.8, 4) is 11.4 Å². The molecule has 4 rings (SSSR count). The zero-order valence-electron chi connectivity index (χ0n) is 16.8. The second kappa shape index (κ2) is 9.27. The molecule has 1 fully saturated rings. The van der Waals surface area contributed by atoms with Crippen LogP contribution in [0, 0.1) is 6.92 Å². The summed E-state index contributed by atoms with van der Waals surface area (Å²) in [7, 11) is 0. The number of benzene rings is 2. The Morgan fingerprint density at radius 1 is 1.10 bits per heavy atom. The van der Waals surface area contributed by atoms with E-state index in [1.807, 2.05) is 4.90 Å². The summed E-state index contributed by atoms with van der Waals surface area (Å²) >= 11 is 1.32. The Labute approximate surface area is 179 Å². The predicted octanol–water partition coefficient (Wildman–Crippen LogP) is 2.11. The number of nitrogens with zero attached hydrogens (tertiary/aromatic N) is 6. The first-order valence-corrected chi connectivity index (χ1v) is 10.8. The summed E-state index contributed by atoms with van der Waals surface area (Å²) in [5, 5.41) is 21.7. The molecule has 3 aromatic rings. The standard InChI is InChI=1S/C21H24N6O2S/c1-16-3-2-4-17(13-16)14-25-9-11-26(12-10-25)20(29)15-30-21-22-23-24-27(21)18-5-7-19(28)8-6-18/h2-8,13,28H,9-12,14-15H2,1H3. The smallest absolute Gasteiger partial charge is 0.233 e. The van der Waals surface area contributed by atoms with Gasteiger partial charge in [0.15, 0.2) is 0 Å². The van der Waals surface area contributed by atoms with Gasteiger partial charge in [-0.05, 0) is 47.2 Å². The average molecular weight is 425 g/mol. The average Bonchev–Trinajstić information content (AvgIpc) is 3.22. The lowest BCUT2D eigenvalue weighted by atomic mass is 10.1. The van der Waals surface area contributed by atoms with Gasteiger partial charge in [0.2, 0.25) is 11.1 Å². The van der Waals surface area contributed by atoms with Crippen LogP contribution >= 0.6 is 11.8 Å². The van der Waals surface area contributed by atoms with Crippen LogP contribution in [0.15, 0.2) is 53.7 Å². The Morgan fingerprint density at radius 2 is 1.87 bits per heavy atom. The van der Waals surface area contributed by atoms with E-state index in [0.29, 0.717) is 5.16 Å². The lowest BCUT2D eigenvalue weighted by Gasteiger charge is -2.34. The van der Waals surface area contributed by atoms with Gasteiger partial charge in [0.25, 0.3) is 0 Å². The van der Waals surface area contributed by atoms with Crippen LogP contribution in [0.25, 0.3) is 5.69 Å². The highest BCUT2D eigenvalue weighted by Crippen LogP contribution is 2.20. The highest BCUT2D eigenvalue weighted by Gasteiger charge is 2.22. The monoisotopic (exact) mass is 424 g/mol. The van der Waals surface area contributed by atoms with E-state index in [-0.39, 0.29) is 17.4 Å². The van der Waals surface area contributed by atoms with Crippen molar-refractivity contribution in [2.24, 2.45) is 0 Å². The van der Waals surface area contributed by atoms with Crippen molar-refractivity contribution in [2.45, 2.75) is 18.6 Å². The third kappa shape index (κ3) is 4.98. The fourth-order valence-corrected chi connectivity index (χ4v) is 4.26. The summed E-state index contributed by atoms with van der Waals surface area (Å²) in [6, 6.07) is 15.2. The largest absolute Gasteiger partial charge is 0.508 e. The predicted molar refractivity (Wildman–Crippen MR) is 115 cm³/mol. The number of phenolic OH excluding ortho intramolecular Hbond substituents is 1. The molecule has 2 heterocycles. The minimum atomic E-state index is 0.0930. The second-order valence-corrected chi connectivity index (χ2v) is 8.27. The molecule has 0 spiro atoms. The number of thioether (sulfide) groups is 1. The molecule has 156 valence electrons. The Morgan fingerprint density at radius 3 is 2.60 bits per heavy atom. The summed E-state index contributed by atoms with van der Waals surface area (Å²) < 4.78 is 1.57. The SMILES string of the molecule is Cc1cccc(CN2CCN(C(=O)CSc3nnnn3-c3ccc(O)cc3)CC2)c1. The molecule has 0 radical (unpaired) electrons. The maximum Gasteiger partial charge on any atom is 0.233 e. The van der Waals surface area contributed by atoms with Crippen molar-refractivity contribution in [3.05, 3.63) is 59.7 Å². The molecule has 0 bridgehead atoms. The number of hydrogen-bond acceptors (Lipinski definition) is 7. The number of hydrogen-bond donors (Lipinski definition) is 1. The molecule has 1 amide bonds. The quantitative estimate of drug-likeness (QED) is 0.607. The lowest BCUT2D eigenvalue weighted by Crippen LogP contribution is -2.48. The van der Waals surface area contributed by atoms with Gasteiger partial charge in [-0.15, -0.1) is 5.10 Å². The number of piperazine rings is 1. The number of amides is 1. The Kier molecular flexibility index (Phi) is 6.29. The van der Waals surface area contributed by atoms with Crippen LogP contribution in [0.1, 0.15) is 11.1 Å². The van der Waals surface area contributed by atoms with Gasteiger partial charge < -0.3 is 10.0 Å². The molecule has 30 heavy (non-hydrogen) atoms. The summed E-state index contributed by atoms with van der Waals surface area (Å²) in [5.41, 5.74) is 3.32. The van der Waals surface area contributed by atoms with Crippen LogP contribution < -0.4 is 0 Å². The molecule has 0 saturated carbocycles. The first-order chi connectivity index (χ1) is 14.6. The summed E-state index contributed by atoms with van der Waals surface area (Å²) in [6.07, 6.45) is 0. The van der Waals surface area contributed by atoms with Crippen LogP contribution in [0.2, 0.25) is 0 Å². The molecule has 0 unspecified atom stereocenters. The molecule has 1 saturated heterocycles. The van der Waals surface area contributed by atoms with E-state index in [1.165, 1.54) is 22.9 Å². The fourth-order valence-electron chi connectivity index (χ4n) is 3.47. The van der Waals surface area contributed by atoms with Crippen LogP contribution in [0.4, 0.5) is 0 Å². The van der Waals surface area contributed by atoms with Crippen molar-refractivity contribution in [2.75, 3.05) is 31.9 Å². The Hall–Kier alpha value is -2.91. The van der Waals surface area contributed by atoms with Crippen LogP contribution in [-0.4, -0.2) is 73.0 Å². The molecule has 1 aromatic heterocycles. The highest BCUT2D eigenvalue weighted by molar-refractivity contribution is 7.99. The second-order valence-electron chi connectivity index (χ2n) is 7.32. The molecule has 1 aliphatic heterocycles. The van der Waals surface area contributed by atoms with Crippen LogP contribution in [0.3, 0.4) is 0 Å². The van der Waals surface area contributed by atoms with E-state index in [2.05, 4.69) is 51.6 Å². The fraction of sp³-hybridized carbons (Fsp3) is 0.333. The van der Waals surface area contributed by atoms with Crippen LogP contribution in [0.5, 0.6) is 5.75 Å². The number of aromatic hydroxyl groups is 1. The van der Waals surface area contributed by atoms with Gasteiger partial charge in [-0.2, -0.15) is 4.68 Å². The first kappa shape index (κ1) is 20.4. The number of aryl methyl sites for hydroxylation is 1. The minimum absolute atomic E-state index is 0.0930.